The van der Waals surface area contributed by atoms with Crippen molar-refractivity contribution < 1.29 is 8.42 Å². The SMILES string of the molecule is Cn1c(=O)n(C)c2cc(S(=O)(=O)NCc3ccc(Cn4cccn4)cc3)ccc21. The third-order valence-corrected chi connectivity index (χ3v) is 6.35. The van der Waals surface area contributed by atoms with E-state index in [1.54, 1.807) is 26.4 Å². The summed E-state index contributed by atoms with van der Waals surface area (Å²) >= 11 is 0. The van der Waals surface area contributed by atoms with Crippen molar-refractivity contribution in [1.82, 2.24) is 23.6 Å². The highest BCUT2D eigenvalue weighted by atomic mass is 32.2. The lowest BCUT2D eigenvalue weighted by atomic mass is 10.1. The first-order chi connectivity index (χ1) is 13.8. The summed E-state index contributed by atoms with van der Waals surface area (Å²) in [6.45, 7) is 0.838. The first-order valence-corrected chi connectivity index (χ1v) is 10.5. The van der Waals surface area contributed by atoms with Gasteiger partial charge in [0.05, 0.1) is 22.5 Å². The summed E-state index contributed by atoms with van der Waals surface area (Å²) in [5.74, 6) is 0. The van der Waals surface area contributed by atoms with Crippen LogP contribution < -0.4 is 10.4 Å². The number of nitrogens with one attached hydrogen (secondary N) is 1. The average molecular weight is 411 g/mol. The molecule has 0 aliphatic carbocycles. The van der Waals surface area contributed by atoms with Gasteiger partial charge in [0.15, 0.2) is 0 Å². The third kappa shape index (κ3) is 3.74. The largest absolute Gasteiger partial charge is 0.328 e. The summed E-state index contributed by atoms with van der Waals surface area (Å²) in [5, 5.41) is 4.17. The number of hydrogen-bond acceptors (Lipinski definition) is 4. The van der Waals surface area contributed by atoms with Crippen molar-refractivity contribution in [2.24, 2.45) is 14.1 Å². The molecule has 1 N–H and O–H groups in total. The zero-order chi connectivity index (χ0) is 20.6. The van der Waals surface area contributed by atoms with E-state index in [1.807, 2.05) is 41.2 Å². The lowest BCUT2D eigenvalue weighted by Crippen LogP contribution is -2.23. The Morgan fingerprint density at radius 3 is 2.34 bits per heavy atom. The molecular formula is C20H21N5O3S. The lowest BCUT2D eigenvalue weighted by Gasteiger charge is -2.09. The molecule has 0 aliphatic rings. The number of nitrogens with zero attached hydrogens (tertiary/aromatic N) is 4. The molecule has 0 bridgehead atoms. The second kappa shape index (κ2) is 7.34. The van der Waals surface area contributed by atoms with Crippen LogP contribution >= 0.6 is 0 Å². The van der Waals surface area contributed by atoms with Gasteiger partial charge in [0, 0.05) is 33.0 Å². The highest BCUT2D eigenvalue weighted by molar-refractivity contribution is 7.89. The van der Waals surface area contributed by atoms with E-state index in [9.17, 15) is 13.2 Å². The molecule has 2 aromatic carbocycles. The molecule has 4 rings (SSSR count). The van der Waals surface area contributed by atoms with Gasteiger partial charge in [-0.2, -0.15) is 5.10 Å². The van der Waals surface area contributed by atoms with Crippen molar-refractivity contribution in [3.05, 3.63) is 82.5 Å². The van der Waals surface area contributed by atoms with Crippen molar-refractivity contribution in [3.63, 3.8) is 0 Å². The first kappa shape index (κ1) is 19.2. The van der Waals surface area contributed by atoms with Crippen molar-refractivity contribution in [3.8, 4) is 0 Å². The highest BCUT2D eigenvalue weighted by Crippen LogP contribution is 2.18. The molecule has 150 valence electrons. The van der Waals surface area contributed by atoms with E-state index in [0.29, 0.717) is 17.6 Å². The fourth-order valence-corrected chi connectivity index (χ4v) is 4.30. The van der Waals surface area contributed by atoms with Crippen LogP contribution in [0.3, 0.4) is 0 Å². The van der Waals surface area contributed by atoms with E-state index in [1.165, 1.54) is 21.3 Å². The maximum absolute atomic E-state index is 12.7. The van der Waals surface area contributed by atoms with Crippen LogP contribution in [0.25, 0.3) is 11.0 Å². The lowest BCUT2D eigenvalue weighted by molar-refractivity contribution is 0.581. The standard InChI is InChI=1S/C20H21N5O3S/c1-23-18-9-8-17(12-19(18)24(2)20(23)26)29(27,28)22-13-15-4-6-16(7-5-15)14-25-11-3-10-21-25/h3-12,22H,13-14H2,1-2H3. The quantitative estimate of drug-likeness (QED) is 0.522. The molecule has 29 heavy (non-hydrogen) atoms. The summed E-state index contributed by atoms with van der Waals surface area (Å²) in [7, 11) is -0.426. The Morgan fingerprint density at radius 2 is 1.66 bits per heavy atom. The Morgan fingerprint density at radius 1 is 0.966 bits per heavy atom. The minimum absolute atomic E-state index is 0.126. The Bertz CT molecular complexity index is 1320. The predicted molar refractivity (Wildman–Crippen MR) is 110 cm³/mol. The number of benzene rings is 2. The predicted octanol–water partition coefficient (Wildman–Crippen LogP) is 1.60. The van der Waals surface area contributed by atoms with Gasteiger partial charge in [-0.1, -0.05) is 24.3 Å². The van der Waals surface area contributed by atoms with Crippen LogP contribution in [0.15, 0.2) is 70.6 Å². The van der Waals surface area contributed by atoms with Gasteiger partial charge in [0.1, 0.15) is 0 Å². The van der Waals surface area contributed by atoms with Gasteiger partial charge in [0.2, 0.25) is 10.0 Å². The van der Waals surface area contributed by atoms with E-state index in [4.69, 9.17) is 0 Å². The Kier molecular flexibility index (Phi) is 4.85. The Hall–Kier alpha value is -3.17. The second-order valence-electron chi connectivity index (χ2n) is 6.90. The number of sulfonamides is 1. The minimum atomic E-state index is -3.71. The van der Waals surface area contributed by atoms with Crippen molar-refractivity contribution >= 4 is 21.1 Å². The van der Waals surface area contributed by atoms with Crippen LogP contribution in [-0.4, -0.2) is 27.3 Å². The van der Waals surface area contributed by atoms with Crippen LogP contribution in [-0.2, 0) is 37.2 Å². The number of rotatable bonds is 6. The maximum atomic E-state index is 12.7. The molecule has 0 atom stereocenters. The van der Waals surface area contributed by atoms with E-state index in [-0.39, 0.29) is 17.1 Å². The monoisotopic (exact) mass is 411 g/mol. The number of fused-ring (bicyclic) bond motifs is 1. The molecule has 2 heterocycles. The fraction of sp³-hybridized carbons (Fsp3) is 0.200. The molecule has 8 nitrogen and oxygen atoms in total. The first-order valence-electron chi connectivity index (χ1n) is 9.05. The van der Waals surface area contributed by atoms with E-state index in [2.05, 4.69) is 9.82 Å². The van der Waals surface area contributed by atoms with Gasteiger partial charge in [0.25, 0.3) is 0 Å². The Labute approximate surface area is 168 Å². The zero-order valence-electron chi connectivity index (χ0n) is 16.1. The van der Waals surface area contributed by atoms with Gasteiger partial charge in [-0.15, -0.1) is 0 Å². The van der Waals surface area contributed by atoms with Crippen LogP contribution in [0.5, 0.6) is 0 Å². The number of hydrogen-bond donors (Lipinski definition) is 1. The maximum Gasteiger partial charge on any atom is 0.328 e. The second-order valence-corrected chi connectivity index (χ2v) is 8.66. The molecule has 9 heteroatoms. The van der Waals surface area contributed by atoms with Crippen molar-refractivity contribution in [2.45, 2.75) is 18.0 Å². The zero-order valence-corrected chi connectivity index (χ0v) is 16.9. The van der Waals surface area contributed by atoms with Gasteiger partial charge < -0.3 is 0 Å². The van der Waals surface area contributed by atoms with E-state index >= 15 is 0 Å². The normalized spacial score (nSPS) is 11.9. The van der Waals surface area contributed by atoms with Crippen LogP contribution in [0.1, 0.15) is 11.1 Å². The number of aryl methyl sites for hydroxylation is 2. The fourth-order valence-electron chi connectivity index (χ4n) is 3.26. The van der Waals surface area contributed by atoms with E-state index in [0.717, 1.165) is 11.1 Å². The Balaban J connectivity index is 1.49. The highest BCUT2D eigenvalue weighted by Gasteiger charge is 2.17. The molecule has 2 aromatic heterocycles. The molecule has 0 unspecified atom stereocenters. The summed E-state index contributed by atoms with van der Waals surface area (Å²) < 4.78 is 32.8. The van der Waals surface area contributed by atoms with Gasteiger partial charge in [-0.25, -0.2) is 17.9 Å². The molecule has 0 aliphatic heterocycles. The van der Waals surface area contributed by atoms with Crippen LogP contribution in [0.2, 0.25) is 0 Å². The summed E-state index contributed by atoms with van der Waals surface area (Å²) in [5.41, 5.74) is 2.99. The summed E-state index contributed by atoms with van der Waals surface area (Å²) in [6.07, 6.45) is 3.62. The third-order valence-electron chi connectivity index (χ3n) is 4.95. The molecule has 0 spiro atoms. The molecule has 0 amide bonds. The van der Waals surface area contributed by atoms with Gasteiger partial charge in [-0.05, 0) is 35.4 Å². The molecule has 4 aromatic rings. The molecule has 0 saturated heterocycles. The molecular weight excluding hydrogens is 390 g/mol. The minimum Gasteiger partial charge on any atom is -0.295 e. The van der Waals surface area contributed by atoms with E-state index < -0.39 is 10.0 Å². The number of imidazole rings is 1. The molecule has 0 radical (unpaired) electrons. The van der Waals surface area contributed by atoms with Gasteiger partial charge >= 0.3 is 5.69 Å². The summed E-state index contributed by atoms with van der Waals surface area (Å²) in [6, 6.07) is 14.2. The number of aromatic nitrogens is 4. The molecule has 0 saturated carbocycles. The van der Waals surface area contributed by atoms with Gasteiger partial charge in [-0.3, -0.25) is 13.8 Å². The smallest absolute Gasteiger partial charge is 0.295 e. The van der Waals surface area contributed by atoms with Crippen molar-refractivity contribution in [1.29, 1.82) is 0 Å². The average Bonchev–Trinajstić information content (AvgIpc) is 3.31. The van der Waals surface area contributed by atoms with Crippen LogP contribution in [0, 0.1) is 0 Å². The topological polar surface area (TPSA) is 90.9 Å². The molecule has 0 fully saturated rings. The van der Waals surface area contributed by atoms with Crippen molar-refractivity contribution in [2.75, 3.05) is 0 Å². The van der Waals surface area contributed by atoms with Crippen LogP contribution in [0.4, 0.5) is 0 Å². The summed E-state index contributed by atoms with van der Waals surface area (Å²) in [4.78, 5) is 12.2.